The van der Waals surface area contributed by atoms with E-state index in [0.717, 1.165) is 20.9 Å². The minimum absolute atomic E-state index is 0.0549. The number of benzene rings is 2. The normalized spacial score (nSPS) is 10.8. The Kier molecular flexibility index (Phi) is 3.39. The first-order valence-corrected chi connectivity index (χ1v) is 7.08. The van der Waals surface area contributed by atoms with Crippen LogP contribution in [0.15, 0.2) is 40.9 Å². The van der Waals surface area contributed by atoms with Crippen LogP contribution in [0.1, 0.15) is 15.9 Å². The summed E-state index contributed by atoms with van der Waals surface area (Å²) in [6, 6.07) is 10.5. The SMILES string of the molecule is Cc1ccc(O)c(C(=O)Nc2n[nH]c3cc(Br)ccc23)c1. The Bertz CT molecular complexity index is 842. The highest BCUT2D eigenvalue weighted by Crippen LogP contribution is 2.25. The Labute approximate surface area is 129 Å². The molecule has 0 saturated heterocycles. The average Bonchev–Trinajstić information content (AvgIpc) is 2.83. The second-order valence-electron chi connectivity index (χ2n) is 4.74. The highest BCUT2D eigenvalue weighted by atomic mass is 79.9. The molecule has 0 radical (unpaired) electrons. The number of rotatable bonds is 2. The lowest BCUT2D eigenvalue weighted by molar-refractivity contribution is 0.102. The van der Waals surface area contributed by atoms with Crippen molar-refractivity contribution in [2.24, 2.45) is 0 Å². The molecule has 0 fully saturated rings. The van der Waals surface area contributed by atoms with Gasteiger partial charge in [0.15, 0.2) is 5.82 Å². The average molecular weight is 346 g/mol. The molecule has 0 unspecified atom stereocenters. The molecule has 3 N–H and O–H groups in total. The molecule has 21 heavy (non-hydrogen) atoms. The number of nitrogens with zero attached hydrogens (tertiary/aromatic N) is 1. The van der Waals surface area contributed by atoms with E-state index in [9.17, 15) is 9.90 Å². The van der Waals surface area contributed by atoms with Gasteiger partial charge in [-0.15, -0.1) is 0 Å². The molecule has 6 heteroatoms. The number of aromatic amines is 1. The zero-order chi connectivity index (χ0) is 15.0. The molecule has 0 bridgehead atoms. The van der Waals surface area contributed by atoms with Crippen LogP contribution in [0.5, 0.6) is 5.75 Å². The maximum atomic E-state index is 12.3. The number of fused-ring (bicyclic) bond motifs is 1. The van der Waals surface area contributed by atoms with Crippen LogP contribution in [0.2, 0.25) is 0 Å². The number of carbonyl (C=O) groups excluding carboxylic acids is 1. The number of halogens is 1. The van der Waals surface area contributed by atoms with Crippen LogP contribution < -0.4 is 5.32 Å². The molecule has 106 valence electrons. The third kappa shape index (κ3) is 2.62. The van der Waals surface area contributed by atoms with E-state index < -0.39 is 5.91 Å². The second kappa shape index (κ2) is 5.21. The van der Waals surface area contributed by atoms with Gasteiger partial charge in [0.2, 0.25) is 0 Å². The van der Waals surface area contributed by atoms with Crippen LogP contribution in [-0.2, 0) is 0 Å². The molecule has 3 aromatic rings. The Hall–Kier alpha value is -2.34. The largest absolute Gasteiger partial charge is 0.507 e. The molecule has 5 nitrogen and oxygen atoms in total. The van der Waals surface area contributed by atoms with Crippen LogP contribution in [0, 0.1) is 6.92 Å². The molecule has 3 rings (SSSR count). The van der Waals surface area contributed by atoms with E-state index in [1.165, 1.54) is 6.07 Å². The van der Waals surface area contributed by atoms with E-state index in [0.29, 0.717) is 5.82 Å². The summed E-state index contributed by atoms with van der Waals surface area (Å²) in [6.07, 6.45) is 0. The van der Waals surface area contributed by atoms with Crippen molar-refractivity contribution in [2.45, 2.75) is 6.92 Å². The molecule has 2 aromatic carbocycles. The number of anilines is 1. The lowest BCUT2D eigenvalue weighted by Crippen LogP contribution is -2.12. The van der Waals surface area contributed by atoms with Gasteiger partial charge in [0.05, 0.1) is 11.1 Å². The van der Waals surface area contributed by atoms with Crippen molar-refractivity contribution >= 4 is 38.6 Å². The highest BCUT2D eigenvalue weighted by molar-refractivity contribution is 9.10. The number of carbonyl (C=O) groups is 1. The predicted octanol–water partition coefficient (Wildman–Crippen LogP) is 3.59. The van der Waals surface area contributed by atoms with E-state index in [1.807, 2.05) is 25.1 Å². The van der Waals surface area contributed by atoms with Gasteiger partial charge in [-0.3, -0.25) is 9.89 Å². The molecular weight excluding hydrogens is 334 g/mol. The minimum Gasteiger partial charge on any atom is -0.507 e. The van der Waals surface area contributed by atoms with Gasteiger partial charge in [-0.2, -0.15) is 5.10 Å². The summed E-state index contributed by atoms with van der Waals surface area (Å²) in [5.74, 6) is -0.0170. The van der Waals surface area contributed by atoms with E-state index in [-0.39, 0.29) is 11.3 Å². The lowest BCUT2D eigenvalue weighted by atomic mass is 10.1. The van der Waals surface area contributed by atoms with Crippen molar-refractivity contribution in [3.8, 4) is 5.75 Å². The third-order valence-corrected chi connectivity index (χ3v) is 3.65. The first-order chi connectivity index (χ1) is 10.0. The molecule has 1 aromatic heterocycles. The van der Waals surface area contributed by atoms with Gasteiger partial charge < -0.3 is 10.4 Å². The Morgan fingerprint density at radius 1 is 1.29 bits per heavy atom. The third-order valence-electron chi connectivity index (χ3n) is 3.15. The summed E-state index contributed by atoms with van der Waals surface area (Å²) in [5.41, 5.74) is 1.94. The summed E-state index contributed by atoms with van der Waals surface area (Å²) >= 11 is 3.38. The zero-order valence-electron chi connectivity index (χ0n) is 11.1. The number of phenols is 1. The molecule has 0 atom stereocenters. The number of hydrogen-bond acceptors (Lipinski definition) is 3. The molecule has 0 aliphatic carbocycles. The first-order valence-electron chi connectivity index (χ1n) is 6.29. The van der Waals surface area contributed by atoms with Crippen molar-refractivity contribution < 1.29 is 9.90 Å². The van der Waals surface area contributed by atoms with Gasteiger partial charge in [-0.1, -0.05) is 27.6 Å². The molecule has 0 spiro atoms. The molecule has 1 heterocycles. The van der Waals surface area contributed by atoms with Crippen molar-refractivity contribution in [3.05, 3.63) is 52.0 Å². The Morgan fingerprint density at radius 3 is 2.90 bits per heavy atom. The topological polar surface area (TPSA) is 78.0 Å². The summed E-state index contributed by atoms with van der Waals surface area (Å²) in [7, 11) is 0. The fraction of sp³-hybridized carbons (Fsp3) is 0.0667. The highest BCUT2D eigenvalue weighted by Gasteiger charge is 2.14. The van der Waals surface area contributed by atoms with Gasteiger partial charge in [0, 0.05) is 9.86 Å². The monoisotopic (exact) mass is 345 g/mol. The van der Waals surface area contributed by atoms with Crippen molar-refractivity contribution in [3.63, 3.8) is 0 Å². The fourth-order valence-electron chi connectivity index (χ4n) is 2.09. The van der Waals surface area contributed by atoms with Crippen LogP contribution in [0.3, 0.4) is 0 Å². The second-order valence-corrected chi connectivity index (χ2v) is 5.65. The number of aryl methyl sites for hydroxylation is 1. The van der Waals surface area contributed by atoms with E-state index >= 15 is 0 Å². The summed E-state index contributed by atoms with van der Waals surface area (Å²) in [5, 5.41) is 20.3. The first kappa shape index (κ1) is 13.6. The smallest absolute Gasteiger partial charge is 0.260 e. The molecule has 0 aliphatic heterocycles. The Balaban J connectivity index is 1.95. The van der Waals surface area contributed by atoms with Crippen LogP contribution >= 0.6 is 15.9 Å². The van der Waals surface area contributed by atoms with Gasteiger partial charge in [-0.25, -0.2) is 0 Å². The number of hydrogen-bond donors (Lipinski definition) is 3. The molecule has 1 amide bonds. The molecule has 0 aliphatic rings. The molecular formula is C15H12BrN3O2. The number of nitrogens with one attached hydrogen (secondary N) is 2. The van der Waals surface area contributed by atoms with E-state index in [1.54, 1.807) is 12.1 Å². The van der Waals surface area contributed by atoms with Crippen LogP contribution in [0.25, 0.3) is 10.9 Å². The lowest BCUT2D eigenvalue weighted by Gasteiger charge is -2.06. The van der Waals surface area contributed by atoms with Crippen LogP contribution in [0.4, 0.5) is 5.82 Å². The van der Waals surface area contributed by atoms with Gasteiger partial charge >= 0.3 is 0 Å². The van der Waals surface area contributed by atoms with E-state index in [4.69, 9.17) is 0 Å². The predicted molar refractivity (Wildman–Crippen MR) is 84.6 cm³/mol. The maximum Gasteiger partial charge on any atom is 0.260 e. The van der Waals surface area contributed by atoms with Crippen LogP contribution in [-0.4, -0.2) is 21.2 Å². The summed E-state index contributed by atoms with van der Waals surface area (Å²) < 4.78 is 0.924. The number of phenolic OH excluding ortho intramolecular Hbond substituents is 1. The number of amides is 1. The minimum atomic E-state index is -0.396. The summed E-state index contributed by atoms with van der Waals surface area (Å²) in [4.78, 5) is 12.3. The fourth-order valence-corrected chi connectivity index (χ4v) is 2.45. The van der Waals surface area contributed by atoms with Gasteiger partial charge in [0.25, 0.3) is 5.91 Å². The number of aromatic nitrogens is 2. The number of H-pyrrole nitrogens is 1. The van der Waals surface area contributed by atoms with Crippen molar-refractivity contribution in [2.75, 3.05) is 5.32 Å². The van der Waals surface area contributed by atoms with Gasteiger partial charge in [-0.05, 0) is 37.3 Å². The molecule has 0 saturated carbocycles. The Morgan fingerprint density at radius 2 is 2.10 bits per heavy atom. The quantitative estimate of drug-likeness (QED) is 0.664. The zero-order valence-corrected chi connectivity index (χ0v) is 12.7. The standard InChI is InChI=1S/C15H12BrN3O2/c1-8-2-5-13(20)11(6-8)15(21)17-14-10-4-3-9(16)7-12(10)18-19-14/h2-7,20H,1H3,(H2,17,18,19,21). The van der Waals surface area contributed by atoms with E-state index in [2.05, 4.69) is 31.4 Å². The van der Waals surface area contributed by atoms with Crippen molar-refractivity contribution in [1.29, 1.82) is 0 Å². The van der Waals surface area contributed by atoms with Gasteiger partial charge in [0.1, 0.15) is 5.75 Å². The number of aromatic hydroxyl groups is 1. The maximum absolute atomic E-state index is 12.3. The summed E-state index contributed by atoms with van der Waals surface area (Å²) in [6.45, 7) is 1.86. The van der Waals surface area contributed by atoms with Crippen molar-refractivity contribution in [1.82, 2.24) is 10.2 Å².